The fourth-order valence-electron chi connectivity index (χ4n) is 4.19. The summed E-state index contributed by atoms with van der Waals surface area (Å²) in [5, 5.41) is 0.364. The molecule has 0 N–H and O–H groups in total. The normalized spacial score (nSPS) is 20.2. The van der Waals surface area contributed by atoms with Crippen molar-refractivity contribution in [3.05, 3.63) is 58.3 Å². The summed E-state index contributed by atoms with van der Waals surface area (Å²) < 4.78 is 33.6. The average Bonchev–Trinajstić information content (AvgIpc) is 3.28. The van der Waals surface area contributed by atoms with Crippen molar-refractivity contribution in [3.63, 3.8) is 0 Å². The fourth-order valence-corrected chi connectivity index (χ4v) is 4.19. The number of rotatable bonds is 6. The second-order valence-electron chi connectivity index (χ2n) is 7.85. The predicted octanol–water partition coefficient (Wildman–Crippen LogP) is 3.86. The van der Waals surface area contributed by atoms with Gasteiger partial charge in [0.05, 0.1) is 36.2 Å². The number of benzene rings is 1. The van der Waals surface area contributed by atoms with Crippen molar-refractivity contribution in [2.24, 2.45) is 0 Å². The van der Waals surface area contributed by atoms with E-state index < -0.39 is 18.5 Å². The molecule has 29 heavy (non-hydrogen) atoms. The van der Waals surface area contributed by atoms with Crippen molar-refractivity contribution in [1.82, 2.24) is 19.4 Å². The van der Waals surface area contributed by atoms with Crippen LogP contribution in [0.1, 0.15) is 55.1 Å². The quantitative estimate of drug-likeness (QED) is 0.629. The third-order valence-corrected chi connectivity index (χ3v) is 5.76. The van der Waals surface area contributed by atoms with Crippen LogP contribution in [0, 0.1) is 0 Å². The molecular weight excluding hydrogens is 378 g/mol. The summed E-state index contributed by atoms with van der Waals surface area (Å²) in [6.07, 6.45) is 3.10. The Hall–Kier alpha value is -2.61. The second kappa shape index (κ2) is 7.33. The lowest BCUT2D eigenvalue weighted by molar-refractivity contribution is 0.119. The van der Waals surface area contributed by atoms with E-state index in [4.69, 9.17) is 4.42 Å². The Morgan fingerprint density at radius 1 is 1.21 bits per heavy atom. The number of alkyl halides is 2. The minimum absolute atomic E-state index is 0.220. The Bertz CT molecular complexity index is 1090. The van der Waals surface area contributed by atoms with Gasteiger partial charge < -0.3 is 4.42 Å². The molecular formula is C21H22F2N4O2. The van der Waals surface area contributed by atoms with Gasteiger partial charge in [-0.25, -0.2) is 18.7 Å². The monoisotopic (exact) mass is 400 g/mol. The number of para-hydroxylation sites is 1. The first kappa shape index (κ1) is 18.4. The summed E-state index contributed by atoms with van der Waals surface area (Å²) in [6, 6.07) is 6.69. The summed E-state index contributed by atoms with van der Waals surface area (Å²) in [5.41, 5.74) is 0.127. The summed E-state index contributed by atoms with van der Waals surface area (Å²) in [4.78, 5) is 24.1. The zero-order valence-electron chi connectivity index (χ0n) is 15.9. The average molecular weight is 400 g/mol. The number of hydrogen-bond acceptors (Lipinski definition) is 5. The molecule has 2 fully saturated rings. The highest BCUT2D eigenvalue weighted by Crippen LogP contribution is 2.40. The van der Waals surface area contributed by atoms with Crippen LogP contribution in [-0.4, -0.2) is 32.4 Å². The molecule has 2 aromatic heterocycles. The molecule has 5 rings (SSSR count). The van der Waals surface area contributed by atoms with Crippen molar-refractivity contribution >= 4 is 10.9 Å². The van der Waals surface area contributed by atoms with Gasteiger partial charge in [0.1, 0.15) is 11.6 Å². The van der Waals surface area contributed by atoms with Crippen LogP contribution in [-0.2, 0) is 13.1 Å². The lowest BCUT2D eigenvalue weighted by Crippen LogP contribution is -2.33. The highest BCUT2D eigenvalue weighted by molar-refractivity contribution is 5.77. The van der Waals surface area contributed by atoms with Crippen molar-refractivity contribution in [1.29, 1.82) is 0 Å². The standard InChI is InChI=1S/C21H22F2N4O2/c22-18(23)11-27-20(25-15-5-2-1-4-14(15)21(27)28)16-6-3-9-26(16)12-19-24-10-17(29-19)13-7-8-13/h1-2,4-5,10,13,16,18H,3,6-9,11-12H2. The second-order valence-corrected chi connectivity index (χ2v) is 7.85. The molecule has 1 saturated carbocycles. The molecule has 8 heteroatoms. The molecule has 0 bridgehead atoms. The first-order chi connectivity index (χ1) is 14.1. The Balaban J connectivity index is 1.51. The third-order valence-electron chi connectivity index (χ3n) is 5.76. The van der Waals surface area contributed by atoms with E-state index in [9.17, 15) is 13.6 Å². The van der Waals surface area contributed by atoms with E-state index in [1.807, 2.05) is 0 Å². The fraction of sp³-hybridized carbons (Fsp3) is 0.476. The number of nitrogens with zero attached hydrogens (tertiary/aromatic N) is 4. The topological polar surface area (TPSA) is 64.2 Å². The molecule has 6 nitrogen and oxygen atoms in total. The minimum atomic E-state index is -2.63. The van der Waals surface area contributed by atoms with Gasteiger partial charge in [-0.2, -0.15) is 0 Å². The maximum Gasteiger partial charge on any atom is 0.261 e. The van der Waals surface area contributed by atoms with E-state index in [1.165, 1.54) is 0 Å². The molecule has 0 spiro atoms. The molecule has 1 aromatic carbocycles. The molecule has 3 aromatic rings. The number of likely N-dealkylation sites (tertiary alicyclic amines) is 1. The summed E-state index contributed by atoms with van der Waals surface area (Å²) >= 11 is 0. The Kier molecular flexibility index (Phi) is 4.66. The Morgan fingerprint density at radius 3 is 2.83 bits per heavy atom. The van der Waals surface area contributed by atoms with Gasteiger partial charge in [-0.15, -0.1) is 0 Å². The smallest absolute Gasteiger partial charge is 0.261 e. The SMILES string of the molecule is O=c1c2ccccc2nc(C2CCCN2Cc2ncc(C3CC3)o2)n1CC(F)F. The van der Waals surface area contributed by atoms with Crippen molar-refractivity contribution in [3.8, 4) is 0 Å². The van der Waals surface area contributed by atoms with Crippen LogP contribution in [0.2, 0.25) is 0 Å². The molecule has 0 amide bonds. The summed E-state index contributed by atoms with van der Waals surface area (Å²) in [5.74, 6) is 2.45. The number of fused-ring (bicyclic) bond motifs is 1. The van der Waals surface area contributed by atoms with Crippen LogP contribution in [0.5, 0.6) is 0 Å². The lowest BCUT2D eigenvalue weighted by atomic mass is 10.1. The molecule has 1 atom stereocenters. The number of oxazole rings is 1. The van der Waals surface area contributed by atoms with E-state index in [1.54, 1.807) is 30.5 Å². The van der Waals surface area contributed by atoms with E-state index >= 15 is 0 Å². The van der Waals surface area contributed by atoms with Gasteiger partial charge in [-0.3, -0.25) is 14.3 Å². The Morgan fingerprint density at radius 2 is 2.03 bits per heavy atom. The van der Waals surface area contributed by atoms with E-state index in [2.05, 4.69) is 14.9 Å². The minimum Gasteiger partial charge on any atom is -0.444 e. The van der Waals surface area contributed by atoms with Gasteiger partial charge >= 0.3 is 0 Å². The third kappa shape index (κ3) is 3.57. The largest absolute Gasteiger partial charge is 0.444 e. The predicted molar refractivity (Wildman–Crippen MR) is 103 cm³/mol. The van der Waals surface area contributed by atoms with Crippen molar-refractivity contribution in [2.45, 2.75) is 57.2 Å². The van der Waals surface area contributed by atoms with Gasteiger partial charge in [0.2, 0.25) is 5.89 Å². The first-order valence-corrected chi connectivity index (χ1v) is 10.1. The molecule has 1 aliphatic heterocycles. The van der Waals surface area contributed by atoms with Crippen LogP contribution in [0.4, 0.5) is 8.78 Å². The maximum atomic E-state index is 13.3. The summed E-state index contributed by atoms with van der Waals surface area (Å²) in [7, 11) is 0. The highest BCUT2D eigenvalue weighted by atomic mass is 19.3. The maximum absolute atomic E-state index is 13.3. The van der Waals surface area contributed by atoms with E-state index in [-0.39, 0.29) is 6.04 Å². The zero-order valence-corrected chi connectivity index (χ0v) is 15.9. The van der Waals surface area contributed by atoms with Crippen molar-refractivity contribution < 1.29 is 13.2 Å². The molecule has 1 saturated heterocycles. The van der Waals surface area contributed by atoms with E-state index in [0.29, 0.717) is 35.1 Å². The molecule has 3 heterocycles. The lowest BCUT2D eigenvalue weighted by Gasteiger charge is -2.25. The molecule has 2 aliphatic rings. The van der Waals surface area contributed by atoms with Gasteiger partial charge in [0.15, 0.2) is 0 Å². The van der Waals surface area contributed by atoms with Gasteiger partial charge in [0, 0.05) is 5.92 Å². The number of aromatic nitrogens is 3. The van der Waals surface area contributed by atoms with Crippen LogP contribution in [0.15, 0.2) is 39.7 Å². The summed E-state index contributed by atoms with van der Waals surface area (Å²) in [6.45, 7) is 0.610. The van der Waals surface area contributed by atoms with Gasteiger partial charge in [0.25, 0.3) is 12.0 Å². The zero-order chi connectivity index (χ0) is 20.0. The number of halogens is 2. The highest BCUT2D eigenvalue weighted by Gasteiger charge is 2.33. The molecule has 1 aliphatic carbocycles. The number of hydrogen-bond donors (Lipinski definition) is 0. The first-order valence-electron chi connectivity index (χ1n) is 10.1. The van der Waals surface area contributed by atoms with Crippen LogP contribution in [0.25, 0.3) is 10.9 Å². The van der Waals surface area contributed by atoms with Crippen LogP contribution in [0.3, 0.4) is 0 Å². The van der Waals surface area contributed by atoms with Crippen LogP contribution >= 0.6 is 0 Å². The molecule has 0 radical (unpaired) electrons. The van der Waals surface area contributed by atoms with Crippen molar-refractivity contribution in [2.75, 3.05) is 6.54 Å². The molecule has 1 unspecified atom stereocenters. The van der Waals surface area contributed by atoms with E-state index in [0.717, 1.165) is 42.6 Å². The van der Waals surface area contributed by atoms with Crippen LogP contribution < -0.4 is 5.56 Å². The van der Waals surface area contributed by atoms with Gasteiger partial charge in [-0.1, -0.05) is 12.1 Å². The molecule has 152 valence electrons. The van der Waals surface area contributed by atoms with Gasteiger partial charge in [-0.05, 0) is 44.4 Å². The Labute approximate surface area is 166 Å².